The van der Waals surface area contributed by atoms with E-state index in [0.717, 1.165) is 6.54 Å². The van der Waals surface area contributed by atoms with Crippen molar-refractivity contribution in [3.63, 3.8) is 0 Å². The van der Waals surface area contributed by atoms with E-state index in [1.165, 1.54) is 5.57 Å². The lowest BCUT2D eigenvalue weighted by atomic mass is 10.3. The smallest absolute Gasteiger partial charge is 0.169 e. The van der Waals surface area contributed by atoms with E-state index in [-0.39, 0.29) is 0 Å². The van der Waals surface area contributed by atoms with Crippen LogP contribution < -0.4 is 4.57 Å². The van der Waals surface area contributed by atoms with Gasteiger partial charge in [0.05, 0.1) is 0 Å². The van der Waals surface area contributed by atoms with E-state index in [2.05, 4.69) is 11.1 Å². The highest BCUT2D eigenvalue weighted by Crippen LogP contribution is 1.85. The molecule has 0 aromatic carbocycles. The molecule has 52 valence electrons. The number of pyridine rings is 1. The molecule has 0 N–H and O–H groups in total. The summed E-state index contributed by atoms with van der Waals surface area (Å²) < 4.78 is 2.10. The molecule has 0 spiro atoms. The van der Waals surface area contributed by atoms with Crippen LogP contribution in [0.3, 0.4) is 0 Å². The van der Waals surface area contributed by atoms with Gasteiger partial charge in [-0.3, -0.25) is 0 Å². The molecule has 0 aliphatic carbocycles. The largest absolute Gasteiger partial charge is 0.201 e. The molecule has 0 fully saturated rings. The first-order valence-electron chi connectivity index (χ1n) is 3.37. The zero-order valence-electron chi connectivity index (χ0n) is 6.25. The van der Waals surface area contributed by atoms with Crippen molar-refractivity contribution in [1.82, 2.24) is 0 Å². The van der Waals surface area contributed by atoms with Crippen molar-refractivity contribution >= 4 is 0 Å². The molecule has 0 saturated heterocycles. The fourth-order valence-electron chi connectivity index (χ4n) is 0.851. The Kier molecular flexibility index (Phi) is 2.21. The lowest BCUT2D eigenvalue weighted by Crippen LogP contribution is -2.32. The highest BCUT2D eigenvalue weighted by molar-refractivity contribution is 4.86. The van der Waals surface area contributed by atoms with Crippen LogP contribution in [0.5, 0.6) is 0 Å². The molecule has 1 aromatic heterocycles. The van der Waals surface area contributed by atoms with Gasteiger partial charge < -0.3 is 0 Å². The highest BCUT2D eigenvalue weighted by Gasteiger charge is 1.94. The Morgan fingerprint density at radius 1 is 1.30 bits per heavy atom. The predicted octanol–water partition coefficient (Wildman–Crippen LogP) is 1.55. The maximum absolute atomic E-state index is 3.83. The fraction of sp³-hybridized carbons (Fsp3) is 0.222. The second-order valence-electron chi connectivity index (χ2n) is 2.50. The van der Waals surface area contributed by atoms with E-state index < -0.39 is 0 Å². The Hall–Kier alpha value is -1.11. The highest BCUT2D eigenvalue weighted by atomic mass is 14.9. The topological polar surface area (TPSA) is 3.88 Å². The zero-order valence-corrected chi connectivity index (χ0v) is 6.25. The summed E-state index contributed by atoms with van der Waals surface area (Å²) in [5, 5.41) is 0. The zero-order chi connectivity index (χ0) is 7.40. The normalized spacial score (nSPS) is 9.30. The van der Waals surface area contributed by atoms with Gasteiger partial charge in [-0.25, -0.2) is 4.57 Å². The maximum atomic E-state index is 3.83. The Balaban J connectivity index is 2.67. The summed E-state index contributed by atoms with van der Waals surface area (Å²) in [6.07, 6.45) is 4.07. The molecular formula is C9H12N+. The number of allylic oxidation sites excluding steroid dienone is 1. The summed E-state index contributed by atoms with van der Waals surface area (Å²) in [4.78, 5) is 0. The third-order valence-electron chi connectivity index (χ3n) is 1.23. The van der Waals surface area contributed by atoms with Crippen molar-refractivity contribution in [2.24, 2.45) is 0 Å². The summed E-state index contributed by atoms with van der Waals surface area (Å²) in [6.45, 7) is 6.77. The molecule has 0 saturated carbocycles. The van der Waals surface area contributed by atoms with E-state index in [4.69, 9.17) is 0 Å². The van der Waals surface area contributed by atoms with Crippen LogP contribution >= 0.6 is 0 Å². The molecule has 1 heterocycles. The van der Waals surface area contributed by atoms with E-state index in [1.807, 2.05) is 37.5 Å². The number of hydrogen-bond acceptors (Lipinski definition) is 0. The average molecular weight is 134 g/mol. The van der Waals surface area contributed by atoms with Crippen LogP contribution in [0.25, 0.3) is 0 Å². The molecule has 0 bridgehead atoms. The summed E-state index contributed by atoms with van der Waals surface area (Å²) in [6, 6.07) is 6.04. The van der Waals surface area contributed by atoms with Crippen LogP contribution in [0.2, 0.25) is 0 Å². The van der Waals surface area contributed by atoms with E-state index in [1.54, 1.807) is 0 Å². The molecule has 10 heavy (non-hydrogen) atoms. The van der Waals surface area contributed by atoms with Crippen molar-refractivity contribution in [2.45, 2.75) is 13.5 Å². The minimum absolute atomic E-state index is 0.918. The van der Waals surface area contributed by atoms with Crippen LogP contribution in [0, 0.1) is 0 Å². The van der Waals surface area contributed by atoms with Crippen molar-refractivity contribution in [3.8, 4) is 0 Å². The fourth-order valence-corrected chi connectivity index (χ4v) is 0.851. The Bertz CT molecular complexity index is 213. The van der Waals surface area contributed by atoms with Crippen LogP contribution in [-0.2, 0) is 6.54 Å². The van der Waals surface area contributed by atoms with Gasteiger partial charge in [0.1, 0.15) is 0 Å². The van der Waals surface area contributed by atoms with Gasteiger partial charge in [0.25, 0.3) is 0 Å². The monoisotopic (exact) mass is 134 g/mol. The summed E-state index contributed by atoms with van der Waals surface area (Å²) >= 11 is 0. The molecule has 1 heteroatoms. The van der Waals surface area contributed by atoms with Crippen molar-refractivity contribution in [2.75, 3.05) is 0 Å². The van der Waals surface area contributed by atoms with Gasteiger partial charge in [0, 0.05) is 12.1 Å². The summed E-state index contributed by atoms with van der Waals surface area (Å²) in [5.41, 5.74) is 1.18. The molecule has 0 unspecified atom stereocenters. The van der Waals surface area contributed by atoms with E-state index >= 15 is 0 Å². The van der Waals surface area contributed by atoms with E-state index in [9.17, 15) is 0 Å². The third-order valence-corrected chi connectivity index (χ3v) is 1.23. The van der Waals surface area contributed by atoms with Crippen LogP contribution in [0.15, 0.2) is 42.7 Å². The Morgan fingerprint density at radius 2 is 1.90 bits per heavy atom. The van der Waals surface area contributed by atoms with Gasteiger partial charge in [-0.1, -0.05) is 12.6 Å². The average Bonchev–Trinajstić information content (AvgIpc) is 1.88. The Morgan fingerprint density at radius 3 is 2.40 bits per heavy atom. The number of aromatic nitrogens is 1. The summed E-state index contributed by atoms with van der Waals surface area (Å²) in [5.74, 6) is 0. The molecule has 1 aromatic rings. The first-order valence-corrected chi connectivity index (χ1v) is 3.37. The molecule has 0 radical (unpaired) electrons. The first kappa shape index (κ1) is 7.00. The first-order chi connectivity index (χ1) is 4.79. The lowest BCUT2D eigenvalue weighted by molar-refractivity contribution is -0.688. The lowest BCUT2D eigenvalue weighted by Gasteiger charge is -1.92. The van der Waals surface area contributed by atoms with Gasteiger partial charge in [0.2, 0.25) is 0 Å². The number of rotatable bonds is 2. The van der Waals surface area contributed by atoms with Gasteiger partial charge in [-0.05, 0) is 12.5 Å². The van der Waals surface area contributed by atoms with Gasteiger partial charge in [-0.2, -0.15) is 0 Å². The molecule has 1 rings (SSSR count). The second kappa shape index (κ2) is 3.16. The van der Waals surface area contributed by atoms with Crippen molar-refractivity contribution in [3.05, 3.63) is 42.7 Å². The quantitative estimate of drug-likeness (QED) is 0.427. The van der Waals surface area contributed by atoms with Crippen LogP contribution in [-0.4, -0.2) is 0 Å². The van der Waals surface area contributed by atoms with E-state index in [0.29, 0.717) is 0 Å². The number of nitrogens with zero attached hydrogens (tertiary/aromatic N) is 1. The summed E-state index contributed by atoms with van der Waals surface area (Å²) in [7, 11) is 0. The SMILES string of the molecule is C=C(C)C[n+]1ccccc1. The molecule has 1 nitrogen and oxygen atoms in total. The predicted molar refractivity (Wildman–Crippen MR) is 41.5 cm³/mol. The Labute approximate surface area is 61.6 Å². The molecule has 0 aliphatic rings. The molecule has 0 atom stereocenters. The minimum atomic E-state index is 0.918. The standard InChI is InChI=1S/C9H12N/c1-9(2)8-10-6-4-3-5-7-10/h3-7H,1,8H2,2H3/q+1. The molecule has 0 aliphatic heterocycles. The van der Waals surface area contributed by atoms with Gasteiger partial charge in [-0.15, -0.1) is 0 Å². The third kappa shape index (κ3) is 2.02. The van der Waals surface area contributed by atoms with Crippen LogP contribution in [0.4, 0.5) is 0 Å². The number of hydrogen-bond donors (Lipinski definition) is 0. The molecular weight excluding hydrogens is 122 g/mol. The van der Waals surface area contributed by atoms with Gasteiger partial charge >= 0.3 is 0 Å². The van der Waals surface area contributed by atoms with Crippen molar-refractivity contribution < 1.29 is 4.57 Å². The molecule has 0 amide bonds. The minimum Gasteiger partial charge on any atom is -0.201 e. The second-order valence-corrected chi connectivity index (χ2v) is 2.50. The van der Waals surface area contributed by atoms with Crippen molar-refractivity contribution in [1.29, 1.82) is 0 Å². The van der Waals surface area contributed by atoms with Crippen LogP contribution in [0.1, 0.15) is 6.92 Å². The van der Waals surface area contributed by atoms with Gasteiger partial charge in [0.15, 0.2) is 18.9 Å². The maximum Gasteiger partial charge on any atom is 0.169 e.